The Bertz CT molecular complexity index is 975. The monoisotopic (exact) mass is 439 g/mol. The predicted molar refractivity (Wildman–Crippen MR) is 107 cm³/mol. The number of carboxylic acids is 2. The molecule has 0 radical (unpaired) electrons. The van der Waals surface area contributed by atoms with Crippen LogP contribution in [-0.2, 0) is 28.0 Å². The summed E-state index contributed by atoms with van der Waals surface area (Å²) >= 11 is 10.8. The molecular formula is C19H22ClN3O5S. The smallest absolute Gasteiger partial charge is 0.309 e. The number of carbonyl (C=O) groups is 2. The van der Waals surface area contributed by atoms with Crippen LogP contribution in [-0.4, -0.2) is 43.0 Å². The molecule has 2 aromatic rings. The molecule has 0 aliphatic heterocycles. The number of hydrogen-bond donors (Lipinski definition) is 3. The van der Waals surface area contributed by atoms with Crippen LogP contribution in [0.4, 0.5) is 0 Å². The molecule has 1 aromatic carbocycles. The van der Waals surface area contributed by atoms with Crippen molar-refractivity contribution < 1.29 is 24.5 Å². The Kier molecular flexibility index (Phi) is 6.40. The van der Waals surface area contributed by atoms with Crippen molar-refractivity contribution in [3.05, 3.63) is 45.4 Å². The van der Waals surface area contributed by atoms with Crippen molar-refractivity contribution in [3.63, 3.8) is 0 Å². The van der Waals surface area contributed by atoms with Crippen LogP contribution in [0.2, 0.25) is 5.02 Å². The number of carboxylic acid groups (broad SMARTS) is 2. The fourth-order valence-corrected chi connectivity index (χ4v) is 4.25. The third-order valence-corrected chi connectivity index (χ3v) is 6.32. The minimum absolute atomic E-state index is 0.0646. The Morgan fingerprint density at radius 1 is 1.34 bits per heavy atom. The quantitative estimate of drug-likeness (QED) is 0.613. The lowest BCUT2D eigenvalue weighted by Crippen LogP contribution is -2.31. The Morgan fingerprint density at radius 2 is 2.03 bits per heavy atom. The minimum atomic E-state index is -0.969. The standard InChI is InChI=1S/C16H17ClO5.C3H5N3S/c1-7-2-3-8(4-10(7)17)6-22-11-5-9-12(13(9)15(18)19)14(11)16(20)21;1-6-3(7)4-2-5-6/h2-4,9,11-14H,5-6H2,1H3,(H,18,19)(H,20,21);2H,1H3,(H,4,5,7)/t9?,11?,12?,13?,14-;/m1./s1. The number of aromatic amines is 1. The molecule has 4 unspecified atom stereocenters. The number of rotatable bonds is 5. The Hall–Kier alpha value is -2.23. The summed E-state index contributed by atoms with van der Waals surface area (Å²) in [6.07, 6.45) is 1.63. The number of fused-ring (bicyclic) bond motifs is 1. The zero-order chi connectivity index (χ0) is 21.3. The van der Waals surface area contributed by atoms with Gasteiger partial charge in [0.15, 0.2) is 0 Å². The Balaban J connectivity index is 0.000000290. The summed E-state index contributed by atoms with van der Waals surface area (Å²) in [6, 6.07) is 5.59. The molecule has 0 bridgehead atoms. The first-order chi connectivity index (χ1) is 13.7. The van der Waals surface area contributed by atoms with Crippen molar-refractivity contribution in [2.75, 3.05) is 0 Å². The van der Waals surface area contributed by atoms with Crippen molar-refractivity contribution in [1.82, 2.24) is 14.8 Å². The number of H-pyrrole nitrogens is 1. The lowest BCUT2D eigenvalue weighted by Gasteiger charge is -2.21. The van der Waals surface area contributed by atoms with Gasteiger partial charge in [0, 0.05) is 12.1 Å². The maximum absolute atomic E-state index is 11.4. The second-order valence-electron chi connectivity index (χ2n) is 7.37. The van der Waals surface area contributed by atoms with Gasteiger partial charge >= 0.3 is 11.9 Å². The highest BCUT2D eigenvalue weighted by molar-refractivity contribution is 7.71. The van der Waals surface area contributed by atoms with Gasteiger partial charge in [-0.25, -0.2) is 4.98 Å². The number of aliphatic carboxylic acids is 2. The molecule has 2 aliphatic rings. The van der Waals surface area contributed by atoms with E-state index in [-0.39, 0.29) is 18.4 Å². The van der Waals surface area contributed by atoms with Crippen LogP contribution in [0.25, 0.3) is 0 Å². The highest BCUT2D eigenvalue weighted by atomic mass is 35.5. The zero-order valence-electron chi connectivity index (χ0n) is 15.9. The highest BCUT2D eigenvalue weighted by Gasteiger charge is 2.67. The van der Waals surface area contributed by atoms with E-state index in [0.29, 0.717) is 16.2 Å². The Morgan fingerprint density at radius 3 is 2.52 bits per heavy atom. The molecule has 0 saturated heterocycles. The molecule has 4 rings (SSSR count). The van der Waals surface area contributed by atoms with Crippen molar-refractivity contribution in [2.24, 2.45) is 30.7 Å². The molecule has 29 heavy (non-hydrogen) atoms. The third-order valence-electron chi connectivity index (χ3n) is 5.53. The summed E-state index contributed by atoms with van der Waals surface area (Å²) in [5.74, 6) is -3.47. The fourth-order valence-electron chi connectivity index (χ4n) is 3.94. The van der Waals surface area contributed by atoms with E-state index in [0.717, 1.165) is 11.1 Å². The molecule has 1 heterocycles. The van der Waals surface area contributed by atoms with Gasteiger partial charge in [0.2, 0.25) is 4.77 Å². The first-order valence-corrected chi connectivity index (χ1v) is 9.88. The number of nitrogens with zero attached hydrogens (tertiary/aromatic N) is 2. The number of nitrogens with one attached hydrogen (secondary N) is 1. The van der Waals surface area contributed by atoms with E-state index in [1.165, 1.54) is 0 Å². The topological polar surface area (TPSA) is 117 Å². The molecule has 2 aliphatic carbocycles. The average molecular weight is 440 g/mol. The summed E-state index contributed by atoms with van der Waals surface area (Å²) < 4.78 is 8.00. The first kappa shape index (κ1) is 21.5. The average Bonchev–Trinajstić information content (AvgIpc) is 3.02. The normalized spacial score (nSPS) is 26.9. The lowest BCUT2D eigenvalue weighted by atomic mass is 9.97. The number of benzene rings is 1. The van der Waals surface area contributed by atoms with Crippen LogP contribution in [0.3, 0.4) is 0 Å². The molecule has 5 atom stereocenters. The van der Waals surface area contributed by atoms with Crippen LogP contribution < -0.4 is 0 Å². The van der Waals surface area contributed by atoms with Gasteiger partial charge in [-0.05, 0) is 54.6 Å². The van der Waals surface area contributed by atoms with Crippen LogP contribution >= 0.6 is 23.8 Å². The zero-order valence-corrected chi connectivity index (χ0v) is 17.5. The number of aryl methyl sites for hydroxylation is 2. The molecule has 10 heteroatoms. The number of ether oxygens (including phenoxy) is 1. The lowest BCUT2D eigenvalue weighted by molar-refractivity contribution is -0.149. The van der Waals surface area contributed by atoms with E-state index in [1.807, 2.05) is 32.2 Å². The number of halogens is 1. The molecule has 1 aromatic heterocycles. The summed E-state index contributed by atoms with van der Waals surface area (Å²) in [5.41, 5.74) is 1.86. The van der Waals surface area contributed by atoms with E-state index in [9.17, 15) is 14.7 Å². The molecule has 3 N–H and O–H groups in total. The van der Waals surface area contributed by atoms with Gasteiger partial charge in [-0.15, -0.1) is 0 Å². The van der Waals surface area contributed by atoms with E-state index in [1.54, 1.807) is 11.0 Å². The Labute approximate surface area is 177 Å². The van der Waals surface area contributed by atoms with Gasteiger partial charge in [0.05, 0.1) is 24.5 Å². The fraction of sp³-hybridized carbons (Fsp3) is 0.474. The van der Waals surface area contributed by atoms with E-state index < -0.39 is 29.9 Å². The second kappa shape index (κ2) is 8.64. The van der Waals surface area contributed by atoms with E-state index in [2.05, 4.69) is 10.1 Å². The van der Waals surface area contributed by atoms with E-state index >= 15 is 0 Å². The van der Waals surface area contributed by atoms with Crippen LogP contribution in [0.5, 0.6) is 0 Å². The first-order valence-electron chi connectivity index (χ1n) is 9.09. The molecule has 0 spiro atoms. The maximum Gasteiger partial charge on any atom is 0.309 e. The van der Waals surface area contributed by atoms with E-state index in [4.69, 9.17) is 33.7 Å². The van der Waals surface area contributed by atoms with Crippen molar-refractivity contribution >= 4 is 35.8 Å². The number of aromatic nitrogens is 3. The van der Waals surface area contributed by atoms with Crippen molar-refractivity contribution in [2.45, 2.75) is 26.1 Å². The van der Waals surface area contributed by atoms with Gasteiger partial charge in [-0.3, -0.25) is 19.4 Å². The third kappa shape index (κ3) is 4.68. The minimum Gasteiger partial charge on any atom is -0.481 e. The largest absolute Gasteiger partial charge is 0.481 e. The van der Waals surface area contributed by atoms with Crippen molar-refractivity contribution in [1.29, 1.82) is 0 Å². The maximum atomic E-state index is 11.4. The summed E-state index contributed by atoms with van der Waals surface area (Å²) in [4.78, 5) is 26.2. The van der Waals surface area contributed by atoms with Gasteiger partial charge in [0.25, 0.3) is 0 Å². The summed E-state index contributed by atoms with van der Waals surface area (Å²) in [6.45, 7) is 2.19. The SMILES string of the molecule is Cc1ccc(COC2CC3C(C(=O)O)C3[C@@H]2C(=O)O)cc1Cl.Cn1[nH]cnc1=S. The van der Waals surface area contributed by atoms with Gasteiger partial charge < -0.3 is 14.9 Å². The van der Waals surface area contributed by atoms with Crippen LogP contribution in [0, 0.1) is 35.4 Å². The second-order valence-corrected chi connectivity index (χ2v) is 8.14. The molecule has 2 fully saturated rings. The van der Waals surface area contributed by atoms with Gasteiger partial charge in [-0.1, -0.05) is 23.7 Å². The predicted octanol–water partition coefficient (Wildman–Crippen LogP) is 3.06. The van der Waals surface area contributed by atoms with Gasteiger partial charge in [-0.2, -0.15) is 0 Å². The summed E-state index contributed by atoms with van der Waals surface area (Å²) in [7, 11) is 1.81. The molecule has 8 nitrogen and oxygen atoms in total. The van der Waals surface area contributed by atoms with Crippen LogP contribution in [0.15, 0.2) is 24.5 Å². The summed E-state index contributed by atoms with van der Waals surface area (Å²) in [5, 5.41) is 21.8. The van der Waals surface area contributed by atoms with Crippen LogP contribution in [0.1, 0.15) is 17.5 Å². The molecular weight excluding hydrogens is 418 g/mol. The molecule has 2 saturated carbocycles. The van der Waals surface area contributed by atoms with Gasteiger partial charge in [0.1, 0.15) is 6.33 Å². The molecule has 0 amide bonds. The van der Waals surface area contributed by atoms with Crippen molar-refractivity contribution in [3.8, 4) is 0 Å². The molecule has 156 valence electrons. The number of hydrogen-bond acceptors (Lipinski definition) is 5. The highest BCUT2D eigenvalue weighted by Crippen LogP contribution is 2.61.